The summed E-state index contributed by atoms with van der Waals surface area (Å²) in [6, 6.07) is 6.45. The Labute approximate surface area is 188 Å². The predicted molar refractivity (Wildman–Crippen MR) is 119 cm³/mol. The maximum absolute atomic E-state index is 12.9. The normalized spacial score (nSPS) is 17.2. The first-order valence-corrected chi connectivity index (χ1v) is 11.4. The average molecular weight is 463 g/mol. The van der Waals surface area contributed by atoms with E-state index in [0.717, 1.165) is 54.0 Å². The number of anilines is 2. The molecular formula is C23H25F3N4OS. The number of hydrogen-bond donors (Lipinski definition) is 2. The summed E-state index contributed by atoms with van der Waals surface area (Å²) in [5.41, 5.74) is 0.391. The van der Waals surface area contributed by atoms with Gasteiger partial charge in [-0.1, -0.05) is 25.3 Å². The molecule has 1 unspecified atom stereocenters. The molecule has 0 spiro atoms. The van der Waals surface area contributed by atoms with Gasteiger partial charge in [-0.15, -0.1) is 11.3 Å². The van der Waals surface area contributed by atoms with E-state index in [1.54, 1.807) is 6.20 Å². The molecule has 1 aliphatic carbocycles. The number of rotatable bonds is 5. The van der Waals surface area contributed by atoms with Crippen molar-refractivity contribution in [3.63, 3.8) is 0 Å². The SMILES string of the molecule is Cc1cc(Nc2nccc(C(F)(F)F)n2)cc(-c2cnc(C(C)(O)C3CCCCC3)s2)c1. The van der Waals surface area contributed by atoms with Crippen molar-refractivity contribution in [2.24, 2.45) is 5.92 Å². The molecule has 32 heavy (non-hydrogen) atoms. The van der Waals surface area contributed by atoms with Gasteiger partial charge in [-0.3, -0.25) is 0 Å². The van der Waals surface area contributed by atoms with Crippen LogP contribution in [0.2, 0.25) is 0 Å². The number of aliphatic hydroxyl groups is 1. The van der Waals surface area contributed by atoms with Gasteiger partial charge >= 0.3 is 6.18 Å². The van der Waals surface area contributed by atoms with Crippen LogP contribution in [0, 0.1) is 12.8 Å². The molecule has 0 radical (unpaired) electrons. The van der Waals surface area contributed by atoms with E-state index >= 15 is 0 Å². The molecule has 170 valence electrons. The Hall–Kier alpha value is -2.52. The van der Waals surface area contributed by atoms with Crippen molar-refractivity contribution in [1.82, 2.24) is 15.0 Å². The van der Waals surface area contributed by atoms with E-state index in [1.807, 2.05) is 32.0 Å². The van der Waals surface area contributed by atoms with Gasteiger partial charge in [0.25, 0.3) is 0 Å². The summed E-state index contributed by atoms with van der Waals surface area (Å²) in [4.78, 5) is 12.9. The zero-order valence-corrected chi connectivity index (χ0v) is 18.7. The first-order chi connectivity index (χ1) is 15.1. The molecule has 0 aliphatic heterocycles. The van der Waals surface area contributed by atoms with Gasteiger partial charge < -0.3 is 10.4 Å². The van der Waals surface area contributed by atoms with E-state index < -0.39 is 17.5 Å². The number of alkyl halides is 3. The molecule has 1 saturated carbocycles. The summed E-state index contributed by atoms with van der Waals surface area (Å²) in [7, 11) is 0. The van der Waals surface area contributed by atoms with Crippen molar-refractivity contribution in [3.05, 3.63) is 52.9 Å². The third-order valence-electron chi connectivity index (χ3n) is 5.90. The number of halogens is 3. The Bertz CT molecular complexity index is 1090. The molecule has 9 heteroatoms. The molecule has 1 fully saturated rings. The first-order valence-electron chi connectivity index (χ1n) is 10.6. The van der Waals surface area contributed by atoms with E-state index in [0.29, 0.717) is 10.7 Å². The molecule has 0 saturated heterocycles. The summed E-state index contributed by atoms with van der Waals surface area (Å²) in [6.07, 6.45) is 3.76. The number of nitrogens with one attached hydrogen (secondary N) is 1. The fraction of sp³-hybridized carbons (Fsp3) is 0.435. The number of aryl methyl sites for hydroxylation is 1. The van der Waals surface area contributed by atoms with Gasteiger partial charge in [-0.2, -0.15) is 13.2 Å². The average Bonchev–Trinajstić information content (AvgIpc) is 3.25. The van der Waals surface area contributed by atoms with Crippen molar-refractivity contribution >= 4 is 23.0 Å². The van der Waals surface area contributed by atoms with Crippen LogP contribution in [0.3, 0.4) is 0 Å². The van der Waals surface area contributed by atoms with Crippen molar-refractivity contribution in [1.29, 1.82) is 0 Å². The Morgan fingerprint density at radius 2 is 1.84 bits per heavy atom. The van der Waals surface area contributed by atoms with E-state index in [2.05, 4.69) is 20.3 Å². The highest BCUT2D eigenvalue weighted by Crippen LogP contribution is 2.42. The summed E-state index contributed by atoms with van der Waals surface area (Å²) < 4.78 is 38.8. The summed E-state index contributed by atoms with van der Waals surface area (Å²) in [6.45, 7) is 3.75. The van der Waals surface area contributed by atoms with E-state index in [4.69, 9.17) is 0 Å². The van der Waals surface area contributed by atoms with Crippen LogP contribution < -0.4 is 5.32 Å². The van der Waals surface area contributed by atoms with Gasteiger partial charge in [0.1, 0.15) is 16.3 Å². The van der Waals surface area contributed by atoms with E-state index in [9.17, 15) is 18.3 Å². The van der Waals surface area contributed by atoms with Gasteiger partial charge in [0.05, 0.1) is 4.88 Å². The first kappa shape index (κ1) is 22.7. The molecule has 2 N–H and O–H groups in total. The fourth-order valence-corrected chi connectivity index (χ4v) is 5.21. The monoisotopic (exact) mass is 462 g/mol. The van der Waals surface area contributed by atoms with Gasteiger partial charge in [-0.25, -0.2) is 15.0 Å². The summed E-state index contributed by atoms with van der Waals surface area (Å²) >= 11 is 1.45. The zero-order chi connectivity index (χ0) is 22.9. The van der Waals surface area contributed by atoms with Gasteiger partial charge in [0.2, 0.25) is 5.95 Å². The van der Waals surface area contributed by atoms with Gasteiger partial charge in [0, 0.05) is 18.1 Å². The molecule has 1 aromatic carbocycles. The highest BCUT2D eigenvalue weighted by Gasteiger charge is 2.37. The lowest BCUT2D eigenvalue weighted by atomic mass is 9.78. The number of nitrogens with zero attached hydrogens (tertiary/aromatic N) is 3. The zero-order valence-electron chi connectivity index (χ0n) is 17.9. The van der Waals surface area contributed by atoms with Gasteiger partial charge in [0.15, 0.2) is 0 Å². The summed E-state index contributed by atoms with van der Waals surface area (Å²) in [5.74, 6) is 0.0737. The Kier molecular flexibility index (Phi) is 6.22. The van der Waals surface area contributed by atoms with Crippen LogP contribution in [0.5, 0.6) is 0 Å². The Balaban J connectivity index is 1.59. The lowest BCUT2D eigenvalue weighted by molar-refractivity contribution is -0.141. The molecule has 1 atom stereocenters. The third-order valence-corrected chi connectivity index (χ3v) is 7.18. The minimum Gasteiger partial charge on any atom is -0.383 e. The third kappa shape index (κ3) is 4.94. The number of aromatic nitrogens is 3. The Morgan fingerprint density at radius 3 is 2.56 bits per heavy atom. The van der Waals surface area contributed by atoms with Crippen molar-refractivity contribution in [2.75, 3.05) is 5.32 Å². The predicted octanol–water partition coefficient (Wildman–Crippen LogP) is 6.46. The van der Waals surface area contributed by atoms with E-state index in [1.165, 1.54) is 17.8 Å². The highest BCUT2D eigenvalue weighted by atomic mass is 32.1. The lowest BCUT2D eigenvalue weighted by Crippen LogP contribution is -2.33. The van der Waals surface area contributed by atoms with Crippen molar-refractivity contribution in [3.8, 4) is 10.4 Å². The molecule has 0 bridgehead atoms. The minimum absolute atomic E-state index is 0.124. The molecule has 5 nitrogen and oxygen atoms in total. The maximum atomic E-state index is 12.9. The van der Waals surface area contributed by atoms with Gasteiger partial charge in [-0.05, 0) is 61.9 Å². The van der Waals surface area contributed by atoms with Crippen LogP contribution in [-0.4, -0.2) is 20.1 Å². The van der Waals surface area contributed by atoms with Crippen LogP contribution >= 0.6 is 11.3 Å². The number of benzene rings is 1. The molecule has 1 aliphatic rings. The van der Waals surface area contributed by atoms with Crippen LogP contribution in [0.1, 0.15) is 55.3 Å². The molecule has 2 heterocycles. The smallest absolute Gasteiger partial charge is 0.383 e. The number of thiazole rings is 1. The number of hydrogen-bond acceptors (Lipinski definition) is 6. The second kappa shape index (κ2) is 8.78. The second-order valence-corrected chi connectivity index (χ2v) is 9.52. The fourth-order valence-electron chi connectivity index (χ4n) is 4.18. The second-order valence-electron chi connectivity index (χ2n) is 8.49. The lowest BCUT2D eigenvalue weighted by Gasteiger charge is -2.33. The minimum atomic E-state index is -4.54. The van der Waals surface area contributed by atoms with Crippen LogP contribution in [0.15, 0.2) is 36.7 Å². The van der Waals surface area contributed by atoms with Crippen LogP contribution in [0.4, 0.5) is 24.8 Å². The van der Waals surface area contributed by atoms with Crippen molar-refractivity contribution < 1.29 is 18.3 Å². The molecule has 2 aromatic heterocycles. The molecule has 3 aromatic rings. The van der Waals surface area contributed by atoms with Crippen LogP contribution in [0.25, 0.3) is 10.4 Å². The largest absolute Gasteiger partial charge is 0.433 e. The topological polar surface area (TPSA) is 70.9 Å². The van der Waals surface area contributed by atoms with Crippen LogP contribution in [-0.2, 0) is 11.8 Å². The van der Waals surface area contributed by atoms with Crippen molar-refractivity contribution in [2.45, 2.75) is 57.7 Å². The highest BCUT2D eigenvalue weighted by molar-refractivity contribution is 7.15. The molecule has 4 rings (SSSR count). The Morgan fingerprint density at radius 1 is 1.09 bits per heavy atom. The molecular weight excluding hydrogens is 437 g/mol. The maximum Gasteiger partial charge on any atom is 0.433 e. The molecule has 0 amide bonds. The summed E-state index contributed by atoms with van der Waals surface area (Å²) in [5, 5.41) is 14.8. The standard InChI is InChI=1S/C23H25F3N4OS/c1-14-10-15(12-17(11-14)29-21-27-9-8-19(30-21)23(24,25)26)18-13-28-20(32-18)22(2,31)16-6-4-3-5-7-16/h8-13,16,31H,3-7H2,1-2H3,(H,27,29,30). The quantitative estimate of drug-likeness (QED) is 0.455. The van der Waals surface area contributed by atoms with E-state index in [-0.39, 0.29) is 11.9 Å².